The van der Waals surface area contributed by atoms with Crippen LogP contribution in [0.4, 0.5) is 0 Å². The van der Waals surface area contributed by atoms with Gasteiger partial charge in [-0.25, -0.2) is 0 Å². The molecule has 0 amide bonds. The number of aryl methyl sites for hydroxylation is 2. The van der Waals surface area contributed by atoms with Crippen molar-refractivity contribution >= 4 is 15.9 Å². The lowest BCUT2D eigenvalue weighted by molar-refractivity contribution is 0.0809. The molecule has 1 atom stereocenters. The summed E-state index contributed by atoms with van der Waals surface area (Å²) in [6, 6.07) is 4.09. The molecule has 0 fully saturated rings. The summed E-state index contributed by atoms with van der Waals surface area (Å²) in [5.74, 6) is 0.896. The topological polar surface area (TPSA) is 30.5 Å². The number of rotatable bonds is 7. The minimum absolute atomic E-state index is 0.0370. The SMILES string of the molecule is CCNCC(COC)Oc1cc(C)c(Br)c(C)c1. The zero-order chi connectivity index (χ0) is 13.5. The zero-order valence-corrected chi connectivity index (χ0v) is 13.1. The van der Waals surface area contributed by atoms with Gasteiger partial charge < -0.3 is 14.8 Å². The Morgan fingerprint density at radius 2 is 1.89 bits per heavy atom. The fourth-order valence-corrected chi connectivity index (χ4v) is 2.02. The molecule has 0 aromatic heterocycles. The number of hydrogen-bond donors (Lipinski definition) is 1. The summed E-state index contributed by atoms with van der Waals surface area (Å²) < 4.78 is 12.3. The molecule has 0 aliphatic heterocycles. The van der Waals surface area contributed by atoms with Gasteiger partial charge in [-0.3, -0.25) is 0 Å². The molecule has 1 aromatic rings. The van der Waals surface area contributed by atoms with Crippen LogP contribution in [0.15, 0.2) is 16.6 Å². The maximum Gasteiger partial charge on any atom is 0.134 e. The van der Waals surface area contributed by atoms with E-state index in [0.29, 0.717) is 6.61 Å². The van der Waals surface area contributed by atoms with E-state index in [9.17, 15) is 0 Å². The van der Waals surface area contributed by atoms with Crippen molar-refractivity contribution in [3.63, 3.8) is 0 Å². The van der Waals surface area contributed by atoms with Crippen LogP contribution >= 0.6 is 15.9 Å². The molecule has 0 bridgehead atoms. The highest BCUT2D eigenvalue weighted by molar-refractivity contribution is 9.10. The Bertz CT molecular complexity index is 359. The summed E-state index contributed by atoms with van der Waals surface area (Å²) in [4.78, 5) is 0. The van der Waals surface area contributed by atoms with Gasteiger partial charge in [-0.1, -0.05) is 22.9 Å². The molecule has 1 N–H and O–H groups in total. The number of nitrogens with one attached hydrogen (secondary N) is 1. The van der Waals surface area contributed by atoms with Crippen LogP contribution in [-0.4, -0.2) is 32.9 Å². The van der Waals surface area contributed by atoms with E-state index in [0.717, 1.165) is 23.3 Å². The molecule has 3 nitrogen and oxygen atoms in total. The maximum absolute atomic E-state index is 5.97. The van der Waals surface area contributed by atoms with Crippen LogP contribution in [0, 0.1) is 13.8 Å². The van der Waals surface area contributed by atoms with Crippen molar-refractivity contribution in [2.24, 2.45) is 0 Å². The first kappa shape index (κ1) is 15.5. The number of methoxy groups -OCH3 is 1. The van der Waals surface area contributed by atoms with Crippen LogP contribution in [0.25, 0.3) is 0 Å². The molecular weight excluding hydrogens is 294 g/mol. The van der Waals surface area contributed by atoms with Crippen molar-refractivity contribution in [3.8, 4) is 5.75 Å². The maximum atomic E-state index is 5.97. The van der Waals surface area contributed by atoms with Crippen molar-refractivity contribution < 1.29 is 9.47 Å². The highest BCUT2D eigenvalue weighted by Gasteiger charge is 2.11. The molecule has 0 saturated carbocycles. The summed E-state index contributed by atoms with van der Waals surface area (Å²) in [5.41, 5.74) is 2.37. The van der Waals surface area contributed by atoms with Crippen LogP contribution in [0.5, 0.6) is 5.75 Å². The van der Waals surface area contributed by atoms with Gasteiger partial charge in [-0.05, 0) is 43.7 Å². The summed E-state index contributed by atoms with van der Waals surface area (Å²) in [6.07, 6.45) is 0.0370. The van der Waals surface area contributed by atoms with Crippen molar-refractivity contribution in [1.29, 1.82) is 0 Å². The molecule has 1 rings (SSSR count). The molecule has 0 aliphatic carbocycles. The molecule has 18 heavy (non-hydrogen) atoms. The second-order valence-corrected chi connectivity index (χ2v) is 5.17. The van der Waals surface area contributed by atoms with Crippen molar-refractivity contribution in [2.45, 2.75) is 26.9 Å². The van der Waals surface area contributed by atoms with Gasteiger partial charge in [-0.15, -0.1) is 0 Å². The number of ether oxygens (including phenoxy) is 2. The second kappa shape index (κ2) is 7.77. The molecule has 1 unspecified atom stereocenters. The molecule has 0 aliphatic rings. The van der Waals surface area contributed by atoms with Crippen LogP contribution in [0.1, 0.15) is 18.1 Å². The second-order valence-electron chi connectivity index (χ2n) is 4.37. The number of likely N-dealkylation sites (N-methyl/N-ethyl adjacent to an activating group) is 1. The first-order chi connectivity index (χ1) is 8.58. The zero-order valence-electron chi connectivity index (χ0n) is 11.5. The Morgan fingerprint density at radius 3 is 2.39 bits per heavy atom. The predicted molar refractivity (Wildman–Crippen MR) is 78.5 cm³/mol. The summed E-state index contributed by atoms with van der Waals surface area (Å²) in [7, 11) is 1.69. The van der Waals surface area contributed by atoms with Crippen LogP contribution in [0.3, 0.4) is 0 Å². The molecule has 0 spiro atoms. The quantitative estimate of drug-likeness (QED) is 0.838. The van der Waals surface area contributed by atoms with E-state index in [1.54, 1.807) is 7.11 Å². The van der Waals surface area contributed by atoms with Gasteiger partial charge in [0, 0.05) is 18.1 Å². The Labute approximate surface area is 118 Å². The molecule has 102 valence electrons. The van der Waals surface area contributed by atoms with E-state index in [1.165, 1.54) is 11.1 Å². The average molecular weight is 316 g/mol. The lowest BCUT2D eigenvalue weighted by Gasteiger charge is -2.19. The van der Waals surface area contributed by atoms with Gasteiger partial charge in [0.2, 0.25) is 0 Å². The smallest absolute Gasteiger partial charge is 0.134 e. The predicted octanol–water partition coefficient (Wildman–Crippen LogP) is 3.07. The summed E-state index contributed by atoms with van der Waals surface area (Å²) in [5, 5.41) is 3.28. The highest BCUT2D eigenvalue weighted by atomic mass is 79.9. The first-order valence-electron chi connectivity index (χ1n) is 6.21. The lowest BCUT2D eigenvalue weighted by atomic mass is 10.1. The minimum atomic E-state index is 0.0370. The minimum Gasteiger partial charge on any atom is -0.487 e. The Hall–Kier alpha value is -0.580. The molecular formula is C14H22BrNO2. The third-order valence-electron chi connectivity index (χ3n) is 2.69. The van der Waals surface area contributed by atoms with E-state index in [-0.39, 0.29) is 6.10 Å². The summed E-state index contributed by atoms with van der Waals surface area (Å²) in [6.45, 7) is 8.53. The third-order valence-corrected chi connectivity index (χ3v) is 3.94. The van der Waals surface area contributed by atoms with Gasteiger partial charge >= 0.3 is 0 Å². The normalized spacial score (nSPS) is 12.5. The summed E-state index contributed by atoms with van der Waals surface area (Å²) >= 11 is 3.56. The van der Waals surface area contributed by atoms with Gasteiger partial charge in [0.25, 0.3) is 0 Å². The van der Waals surface area contributed by atoms with Gasteiger partial charge in [0.1, 0.15) is 11.9 Å². The third kappa shape index (κ3) is 4.59. The molecule has 0 saturated heterocycles. The average Bonchev–Trinajstić information content (AvgIpc) is 2.33. The lowest BCUT2D eigenvalue weighted by Crippen LogP contribution is -2.34. The molecule has 0 radical (unpaired) electrons. The van der Waals surface area contributed by atoms with E-state index < -0.39 is 0 Å². The number of halogens is 1. The largest absolute Gasteiger partial charge is 0.487 e. The fourth-order valence-electron chi connectivity index (χ4n) is 1.79. The number of benzene rings is 1. The highest BCUT2D eigenvalue weighted by Crippen LogP contribution is 2.26. The van der Waals surface area contributed by atoms with E-state index in [4.69, 9.17) is 9.47 Å². The van der Waals surface area contributed by atoms with Crippen molar-refractivity contribution in [3.05, 3.63) is 27.7 Å². The van der Waals surface area contributed by atoms with Crippen molar-refractivity contribution in [2.75, 3.05) is 26.8 Å². The van der Waals surface area contributed by atoms with Crippen LogP contribution in [-0.2, 0) is 4.74 Å². The van der Waals surface area contributed by atoms with E-state index >= 15 is 0 Å². The Kier molecular flexibility index (Phi) is 6.68. The fraction of sp³-hybridized carbons (Fsp3) is 0.571. The van der Waals surface area contributed by atoms with E-state index in [1.807, 2.05) is 12.1 Å². The monoisotopic (exact) mass is 315 g/mol. The van der Waals surface area contributed by atoms with Gasteiger partial charge in [-0.2, -0.15) is 0 Å². The van der Waals surface area contributed by atoms with E-state index in [2.05, 4.69) is 42.0 Å². The molecule has 4 heteroatoms. The van der Waals surface area contributed by atoms with Crippen molar-refractivity contribution in [1.82, 2.24) is 5.32 Å². The Balaban J connectivity index is 2.73. The molecule has 1 aromatic carbocycles. The first-order valence-corrected chi connectivity index (χ1v) is 7.00. The van der Waals surface area contributed by atoms with Crippen LogP contribution < -0.4 is 10.1 Å². The van der Waals surface area contributed by atoms with Gasteiger partial charge in [0.15, 0.2) is 0 Å². The Morgan fingerprint density at radius 1 is 1.28 bits per heavy atom. The number of hydrogen-bond acceptors (Lipinski definition) is 3. The van der Waals surface area contributed by atoms with Crippen LogP contribution in [0.2, 0.25) is 0 Å². The van der Waals surface area contributed by atoms with Gasteiger partial charge in [0.05, 0.1) is 6.61 Å². The standard InChI is InChI=1S/C14H22BrNO2/c1-5-16-8-13(9-17-4)18-12-6-10(2)14(15)11(3)7-12/h6-7,13,16H,5,8-9H2,1-4H3. The molecule has 0 heterocycles.